The fourth-order valence-electron chi connectivity index (χ4n) is 7.02. The molecule has 4 heteroatoms. The Morgan fingerprint density at radius 1 is 0.511 bits per heavy atom. The highest BCUT2D eigenvalue weighted by molar-refractivity contribution is 7.25. The highest BCUT2D eigenvalue weighted by Gasteiger charge is 2.16. The zero-order chi connectivity index (χ0) is 29.5. The summed E-state index contributed by atoms with van der Waals surface area (Å²) in [5.41, 5.74) is 10.0. The average Bonchev–Trinajstić information content (AvgIpc) is 3.77. The molecule has 0 unspecified atom stereocenters. The number of para-hydroxylation sites is 3. The normalized spacial score (nSPS) is 12.0. The van der Waals surface area contributed by atoms with Crippen LogP contribution in [0.4, 0.5) is 0 Å². The van der Waals surface area contributed by atoms with Crippen molar-refractivity contribution in [2.45, 2.75) is 0 Å². The number of rotatable bonds is 3. The summed E-state index contributed by atoms with van der Waals surface area (Å²) in [6, 6.07) is 48.0. The Hall–Kier alpha value is -5.71. The number of fused-ring (bicyclic) bond motifs is 9. The molecule has 0 aliphatic carbocycles. The van der Waals surface area contributed by atoms with Gasteiger partial charge in [-0.1, -0.05) is 78.9 Å². The van der Waals surface area contributed by atoms with E-state index in [-0.39, 0.29) is 0 Å². The standard InChI is InChI=1S/C41H24N2OS/c1-3-13-36-30(9-1)33-22-26(15-17-37(33)43(36)28-16-18-39-34(23-28)35-24-42-20-19-40(35)45-39)25-7-5-8-27(21-25)29-11-6-12-32-31-10-2-4-14-38(31)44-41(29)32/h1-24H. The summed E-state index contributed by atoms with van der Waals surface area (Å²) in [4.78, 5) is 4.41. The fraction of sp³-hybridized carbons (Fsp3) is 0. The molecule has 0 atom stereocenters. The van der Waals surface area contributed by atoms with Gasteiger partial charge in [-0.15, -0.1) is 11.3 Å². The molecule has 0 N–H and O–H groups in total. The van der Waals surface area contributed by atoms with E-state index in [1.54, 1.807) is 0 Å². The van der Waals surface area contributed by atoms with E-state index < -0.39 is 0 Å². The van der Waals surface area contributed by atoms with E-state index in [2.05, 4.69) is 131 Å². The number of benzene rings is 6. The molecule has 45 heavy (non-hydrogen) atoms. The van der Waals surface area contributed by atoms with Crippen molar-refractivity contribution in [3.05, 3.63) is 146 Å². The largest absolute Gasteiger partial charge is 0.455 e. The zero-order valence-corrected chi connectivity index (χ0v) is 24.9. The summed E-state index contributed by atoms with van der Waals surface area (Å²) in [5, 5.41) is 7.24. The topological polar surface area (TPSA) is 31.0 Å². The molecule has 4 aromatic heterocycles. The van der Waals surface area contributed by atoms with E-state index >= 15 is 0 Å². The van der Waals surface area contributed by atoms with Crippen LogP contribution in [0, 0.1) is 0 Å². The maximum absolute atomic E-state index is 6.37. The Morgan fingerprint density at radius 3 is 2.27 bits per heavy atom. The number of nitrogens with zero attached hydrogens (tertiary/aromatic N) is 2. The maximum Gasteiger partial charge on any atom is 0.143 e. The SMILES string of the molecule is c1cc(-c2ccc3c(c2)c2ccccc2n3-c2ccc3sc4ccncc4c3c2)cc(-c2cccc3c2oc2ccccc23)c1. The molecule has 0 radical (unpaired) electrons. The van der Waals surface area contributed by atoms with Crippen LogP contribution in [0.3, 0.4) is 0 Å². The first-order chi connectivity index (χ1) is 22.3. The smallest absolute Gasteiger partial charge is 0.143 e. The molecule has 0 aliphatic heterocycles. The van der Waals surface area contributed by atoms with Crippen molar-refractivity contribution in [2.75, 3.05) is 0 Å². The molecule has 0 amide bonds. The molecule has 0 fully saturated rings. The first-order valence-electron chi connectivity index (χ1n) is 15.1. The molecule has 10 rings (SSSR count). The third-order valence-electron chi connectivity index (χ3n) is 9.10. The third-order valence-corrected chi connectivity index (χ3v) is 10.2. The van der Waals surface area contributed by atoms with Crippen molar-refractivity contribution in [2.24, 2.45) is 0 Å². The lowest BCUT2D eigenvalue weighted by Crippen LogP contribution is -1.93. The Balaban J connectivity index is 1.14. The van der Waals surface area contributed by atoms with Crippen molar-refractivity contribution >= 4 is 75.3 Å². The molecule has 0 saturated heterocycles. The average molecular weight is 593 g/mol. The molecule has 0 spiro atoms. The van der Waals surface area contributed by atoms with Crippen LogP contribution < -0.4 is 0 Å². The molecular weight excluding hydrogens is 569 g/mol. The summed E-state index contributed by atoms with van der Waals surface area (Å²) in [5.74, 6) is 0. The molecule has 10 aromatic rings. The van der Waals surface area contributed by atoms with Crippen LogP contribution >= 0.6 is 11.3 Å². The molecule has 0 aliphatic rings. The number of furan rings is 1. The van der Waals surface area contributed by atoms with Gasteiger partial charge >= 0.3 is 0 Å². The van der Waals surface area contributed by atoms with E-state index in [9.17, 15) is 0 Å². The number of hydrogen-bond acceptors (Lipinski definition) is 3. The second-order valence-corrected chi connectivity index (χ2v) is 12.7. The van der Waals surface area contributed by atoms with Gasteiger partial charge in [0.1, 0.15) is 11.2 Å². The number of hydrogen-bond donors (Lipinski definition) is 0. The van der Waals surface area contributed by atoms with Gasteiger partial charge < -0.3 is 8.98 Å². The lowest BCUT2D eigenvalue weighted by molar-refractivity contribution is 0.670. The molecule has 3 nitrogen and oxygen atoms in total. The predicted octanol–water partition coefficient (Wildman–Crippen LogP) is 11.8. The number of pyridine rings is 1. The van der Waals surface area contributed by atoms with Gasteiger partial charge in [0.05, 0.1) is 11.0 Å². The summed E-state index contributed by atoms with van der Waals surface area (Å²) in [6.07, 6.45) is 3.86. The fourth-order valence-corrected chi connectivity index (χ4v) is 8.07. The van der Waals surface area contributed by atoms with E-state index in [1.807, 2.05) is 35.9 Å². The Labute approximate surface area is 262 Å². The predicted molar refractivity (Wildman–Crippen MR) is 190 cm³/mol. The molecule has 0 bridgehead atoms. The lowest BCUT2D eigenvalue weighted by atomic mass is 9.97. The maximum atomic E-state index is 6.37. The number of aromatic nitrogens is 2. The van der Waals surface area contributed by atoms with Crippen LogP contribution in [-0.4, -0.2) is 9.55 Å². The Morgan fingerprint density at radius 2 is 1.29 bits per heavy atom. The minimum absolute atomic E-state index is 0.918. The van der Waals surface area contributed by atoms with Crippen LogP contribution in [0.15, 0.2) is 150 Å². The first-order valence-corrected chi connectivity index (χ1v) is 15.9. The first kappa shape index (κ1) is 24.7. The Bertz CT molecular complexity index is 2780. The van der Waals surface area contributed by atoms with Crippen LogP contribution in [0.25, 0.3) is 91.9 Å². The van der Waals surface area contributed by atoms with Crippen molar-refractivity contribution in [1.82, 2.24) is 9.55 Å². The Kier molecular flexibility index (Phi) is 5.16. The second kappa shape index (κ2) is 9.39. The highest BCUT2D eigenvalue weighted by Crippen LogP contribution is 2.40. The summed E-state index contributed by atoms with van der Waals surface area (Å²) >= 11 is 1.82. The molecule has 0 saturated carbocycles. The van der Waals surface area contributed by atoms with Gasteiger partial charge in [-0.3, -0.25) is 4.98 Å². The molecule has 6 aromatic carbocycles. The monoisotopic (exact) mass is 592 g/mol. The van der Waals surface area contributed by atoms with Gasteiger partial charge in [-0.25, -0.2) is 0 Å². The van der Waals surface area contributed by atoms with E-state index in [0.29, 0.717) is 0 Å². The molecule has 210 valence electrons. The summed E-state index contributed by atoms with van der Waals surface area (Å²) in [7, 11) is 0. The number of thiophene rings is 1. The molecule has 4 heterocycles. The van der Waals surface area contributed by atoms with E-state index in [0.717, 1.165) is 38.8 Å². The minimum Gasteiger partial charge on any atom is -0.455 e. The van der Waals surface area contributed by atoms with Crippen LogP contribution in [0.2, 0.25) is 0 Å². The van der Waals surface area contributed by atoms with E-state index in [4.69, 9.17) is 4.42 Å². The zero-order valence-electron chi connectivity index (χ0n) is 24.1. The molecular formula is C41H24N2OS. The van der Waals surface area contributed by atoms with Crippen LogP contribution in [0.1, 0.15) is 0 Å². The van der Waals surface area contributed by atoms with Crippen molar-refractivity contribution in [1.29, 1.82) is 0 Å². The van der Waals surface area contributed by atoms with Gasteiger partial charge in [0.25, 0.3) is 0 Å². The van der Waals surface area contributed by atoms with Crippen LogP contribution in [0.5, 0.6) is 0 Å². The van der Waals surface area contributed by atoms with Gasteiger partial charge in [0.2, 0.25) is 0 Å². The quantitative estimate of drug-likeness (QED) is 0.204. The summed E-state index contributed by atoms with van der Waals surface area (Å²) in [6.45, 7) is 0. The third kappa shape index (κ3) is 3.67. The van der Waals surface area contributed by atoms with E-state index in [1.165, 1.54) is 53.1 Å². The highest BCUT2D eigenvalue weighted by atomic mass is 32.1. The summed E-state index contributed by atoms with van der Waals surface area (Å²) < 4.78 is 11.3. The lowest BCUT2D eigenvalue weighted by Gasteiger charge is -2.10. The van der Waals surface area contributed by atoms with Gasteiger partial charge in [0.15, 0.2) is 0 Å². The van der Waals surface area contributed by atoms with Gasteiger partial charge in [0, 0.05) is 65.4 Å². The van der Waals surface area contributed by atoms with Crippen molar-refractivity contribution in [3.8, 4) is 27.9 Å². The van der Waals surface area contributed by atoms with Gasteiger partial charge in [-0.05, 0) is 71.3 Å². The van der Waals surface area contributed by atoms with Crippen LogP contribution in [-0.2, 0) is 0 Å². The minimum atomic E-state index is 0.918. The van der Waals surface area contributed by atoms with Gasteiger partial charge in [-0.2, -0.15) is 0 Å². The second-order valence-electron chi connectivity index (χ2n) is 11.6. The van der Waals surface area contributed by atoms with Crippen molar-refractivity contribution in [3.63, 3.8) is 0 Å². The van der Waals surface area contributed by atoms with Crippen molar-refractivity contribution < 1.29 is 4.42 Å².